The Morgan fingerprint density at radius 2 is 1.86 bits per heavy atom. The lowest BCUT2D eigenvalue weighted by atomic mass is 10.2. The monoisotopic (exact) mass is 441 g/mol. The van der Waals surface area contributed by atoms with Crippen LogP contribution in [0.3, 0.4) is 0 Å². The largest absolute Gasteiger partial charge is 0.462 e. The number of rotatable bonds is 11. The number of alkyl halides is 1. The first kappa shape index (κ1) is 24.8. The molecule has 0 spiro atoms. The number of esters is 1. The molecule has 11 heteroatoms. The van der Waals surface area contributed by atoms with Crippen LogP contribution in [0.25, 0.3) is 0 Å². The maximum Gasteiger partial charge on any atom is 0.459 e. The first-order chi connectivity index (χ1) is 12.9. The molecular formula is C17H26ClFNO7P. The fraction of sp³-hybridized carbons (Fsp3) is 0.588. The van der Waals surface area contributed by atoms with Crippen molar-refractivity contribution in [2.24, 2.45) is 0 Å². The van der Waals surface area contributed by atoms with Gasteiger partial charge in [-0.2, -0.15) is 5.09 Å². The molecule has 0 radical (unpaired) electrons. The number of carbonyl (C=O) groups is 1. The van der Waals surface area contributed by atoms with Gasteiger partial charge in [0.05, 0.1) is 6.10 Å². The summed E-state index contributed by atoms with van der Waals surface area (Å²) in [7, 11) is -3.26. The maximum atomic E-state index is 14.5. The molecule has 4 atom stereocenters. The Kier molecular flexibility index (Phi) is 9.33. The first-order valence-corrected chi connectivity index (χ1v) is 10.4. The minimum absolute atomic E-state index is 0.101. The number of carbonyl (C=O) groups excluding carboxylic acids is 1. The Morgan fingerprint density at radius 1 is 1.29 bits per heavy atom. The molecule has 0 fully saturated rings. The molecular weight excluding hydrogens is 416 g/mol. The molecule has 0 aliphatic carbocycles. The van der Waals surface area contributed by atoms with Crippen LogP contribution in [0.15, 0.2) is 24.3 Å². The third-order valence-electron chi connectivity index (χ3n) is 3.49. The van der Waals surface area contributed by atoms with Gasteiger partial charge in [0.1, 0.15) is 24.5 Å². The highest BCUT2D eigenvalue weighted by molar-refractivity contribution is 7.52. The molecule has 0 amide bonds. The Balaban J connectivity index is 3.02. The Morgan fingerprint density at radius 3 is 2.32 bits per heavy atom. The Bertz CT molecular complexity index is 689. The summed E-state index contributed by atoms with van der Waals surface area (Å²) in [4.78, 5) is 12.0. The van der Waals surface area contributed by atoms with Crippen LogP contribution in [-0.2, 0) is 23.4 Å². The van der Waals surface area contributed by atoms with Crippen LogP contribution in [0.5, 0.6) is 5.75 Å². The quantitative estimate of drug-likeness (QED) is 0.397. The van der Waals surface area contributed by atoms with Crippen molar-refractivity contribution in [2.75, 3.05) is 13.7 Å². The fourth-order valence-electron chi connectivity index (χ4n) is 1.87. The molecule has 8 nitrogen and oxygen atoms in total. The first-order valence-electron chi connectivity index (χ1n) is 8.51. The van der Waals surface area contributed by atoms with Gasteiger partial charge in [-0.3, -0.25) is 9.32 Å². The summed E-state index contributed by atoms with van der Waals surface area (Å²) >= 11 is 5.81. The SMILES string of the molecule is CO[C@](F)(COP(=O)(NC(C)C(=O)OC(C)C)Oc1ccc(Cl)cc1)[C@H](C)O. The van der Waals surface area contributed by atoms with Gasteiger partial charge in [0, 0.05) is 12.1 Å². The Labute approximate surface area is 168 Å². The minimum Gasteiger partial charge on any atom is -0.462 e. The van der Waals surface area contributed by atoms with E-state index in [1.807, 2.05) is 0 Å². The van der Waals surface area contributed by atoms with Crippen LogP contribution < -0.4 is 9.61 Å². The van der Waals surface area contributed by atoms with Gasteiger partial charge in [-0.15, -0.1) is 0 Å². The minimum atomic E-state index is -4.28. The molecule has 1 rings (SSSR count). The predicted octanol–water partition coefficient (Wildman–Crippen LogP) is 3.47. The van der Waals surface area contributed by atoms with E-state index in [1.165, 1.54) is 31.2 Å². The third kappa shape index (κ3) is 7.66. The molecule has 0 aromatic heterocycles. The molecule has 1 aromatic rings. The van der Waals surface area contributed by atoms with Crippen molar-refractivity contribution in [2.45, 2.75) is 51.8 Å². The van der Waals surface area contributed by atoms with E-state index in [9.17, 15) is 18.9 Å². The van der Waals surface area contributed by atoms with E-state index in [0.29, 0.717) is 5.02 Å². The molecule has 0 bridgehead atoms. The van der Waals surface area contributed by atoms with E-state index in [2.05, 4.69) is 9.82 Å². The summed E-state index contributed by atoms with van der Waals surface area (Å²) in [5.74, 6) is -3.24. The molecule has 0 saturated heterocycles. The fourth-order valence-corrected chi connectivity index (χ4v) is 3.50. The van der Waals surface area contributed by atoms with Gasteiger partial charge in [-0.25, -0.2) is 8.96 Å². The summed E-state index contributed by atoms with van der Waals surface area (Å²) in [6, 6.07) is 4.73. The number of aliphatic hydroxyl groups excluding tert-OH is 1. The smallest absolute Gasteiger partial charge is 0.459 e. The van der Waals surface area contributed by atoms with Crippen LogP contribution in [0.1, 0.15) is 27.7 Å². The van der Waals surface area contributed by atoms with Crippen LogP contribution in [0.4, 0.5) is 4.39 Å². The van der Waals surface area contributed by atoms with Gasteiger partial charge < -0.3 is 19.1 Å². The molecule has 0 aliphatic heterocycles. The summed E-state index contributed by atoms with van der Waals surface area (Å²) in [6.45, 7) is 4.92. The zero-order valence-electron chi connectivity index (χ0n) is 16.3. The zero-order valence-corrected chi connectivity index (χ0v) is 18.0. The molecule has 28 heavy (non-hydrogen) atoms. The van der Waals surface area contributed by atoms with E-state index in [-0.39, 0.29) is 5.75 Å². The van der Waals surface area contributed by atoms with Gasteiger partial charge >= 0.3 is 13.7 Å². The van der Waals surface area contributed by atoms with Gasteiger partial charge in [0.2, 0.25) is 0 Å². The van der Waals surface area contributed by atoms with E-state index in [0.717, 1.165) is 14.0 Å². The predicted molar refractivity (Wildman–Crippen MR) is 102 cm³/mol. The van der Waals surface area contributed by atoms with Crippen molar-refractivity contribution in [3.8, 4) is 5.75 Å². The second kappa shape index (κ2) is 10.5. The molecule has 2 N–H and O–H groups in total. The standard InChI is InChI=1S/C17H26ClFNO7P/c1-11(2)26-16(22)12(3)20-28(23,25-10-17(19,24-5)13(4)21)27-15-8-6-14(18)7-9-15/h6-9,11-13,21H,10H2,1-5H3,(H,20,23)/t12?,13-,17+,28?/m0/s1. The van der Waals surface area contributed by atoms with Crippen molar-refractivity contribution in [1.29, 1.82) is 0 Å². The highest BCUT2D eigenvalue weighted by Gasteiger charge is 2.41. The third-order valence-corrected chi connectivity index (χ3v) is 5.37. The van der Waals surface area contributed by atoms with E-state index in [4.69, 9.17) is 25.4 Å². The van der Waals surface area contributed by atoms with E-state index < -0.39 is 44.4 Å². The molecule has 160 valence electrons. The zero-order chi connectivity index (χ0) is 21.5. The number of ether oxygens (including phenoxy) is 2. The van der Waals surface area contributed by atoms with Gasteiger partial charge in [0.15, 0.2) is 0 Å². The van der Waals surface area contributed by atoms with Crippen LogP contribution in [0, 0.1) is 0 Å². The number of hydrogen-bond donors (Lipinski definition) is 2. The molecule has 2 unspecified atom stereocenters. The molecule has 0 saturated carbocycles. The van der Waals surface area contributed by atoms with E-state index >= 15 is 0 Å². The van der Waals surface area contributed by atoms with Crippen LogP contribution in [0.2, 0.25) is 5.02 Å². The van der Waals surface area contributed by atoms with Crippen molar-refractivity contribution in [3.63, 3.8) is 0 Å². The molecule has 0 heterocycles. The Hall–Kier alpha value is -1.22. The molecule has 1 aromatic carbocycles. The number of halogens is 2. The van der Waals surface area contributed by atoms with Crippen LogP contribution in [-0.4, -0.2) is 48.9 Å². The lowest BCUT2D eigenvalue weighted by molar-refractivity contribution is -0.202. The summed E-state index contributed by atoms with van der Waals surface area (Å²) in [5, 5.41) is 12.4. The van der Waals surface area contributed by atoms with Crippen LogP contribution >= 0.6 is 19.3 Å². The topological polar surface area (TPSA) is 103 Å². The number of hydrogen-bond acceptors (Lipinski definition) is 7. The second-order valence-electron chi connectivity index (χ2n) is 6.32. The highest BCUT2D eigenvalue weighted by atomic mass is 35.5. The highest BCUT2D eigenvalue weighted by Crippen LogP contribution is 2.46. The van der Waals surface area contributed by atoms with Gasteiger partial charge in [-0.05, 0) is 52.0 Å². The number of methoxy groups -OCH3 is 1. The van der Waals surface area contributed by atoms with Crippen molar-refractivity contribution >= 4 is 25.3 Å². The lowest BCUT2D eigenvalue weighted by Crippen LogP contribution is -2.43. The average molecular weight is 442 g/mol. The number of aliphatic hydroxyl groups is 1. The lowest BCUT2D eigenvalue weighted by Gasteiger charge is -2.29. The van der Waals surface area contributed by atoms with Crippen molar-refractivity contribution in [1.82, 2.24) is 5.09 Å². The van der Waals surface area contributed by atoms with Gasteiger partial charge in [0.25, 0.3) is 5.85 Å². The second-order valence-corrected chi connectivity index (χ2v) is 8.45. The van der Waals surface area contributed by atoms with Gasteiger partial charge in [-0.1, -0.05) is 11.6 Å². The van der Waals surface area contributed by atoms with E-state index in [1.54, 1.807) is 13.8 Å². The summed E-state index contributed by atoms with van der Waals surface area (Å²) < 4.78 is 47.8. The van der Waals surface area contributed by atoms with Crippen molar-refractivity contribution < 1.29 is 37.4 Å². The summed E-state index contributed by atoms with van der Waals surface area (Å²) in [6.07, 6.45) is -1.97. The summed E-state index contributed by atoms with van der Waals surface area (Å²) in [5.41, 5.74) is 0. The number of benzene rings is 1. The maximum absolute atomic E-state index is 14.5. The van der Waals surface area contributed by atoms with Crippen molar-refractivity contribution in [3.05, 3.63) is 29.3 Å². The average Bonchev–Trinajstić information content (AvgIpc) is 2.61. The normalized spacial score (nSPS) is 18.0. The molecule has 0 aliphatic rings. The number of nitrogens with one attached hydrogen (secondary N) is 1.